The molecule has 0 amide bonds. The number of nitrogens with zero attached hydrogens (tertiary/aromatic N) is 5. The summed E-state index contributed by atoms with van der Waals surface area (Å²) >= 11 is 0. The number of esters is 1. The molecule has 36 heavy (non-hydrogen) atoms. The highest BCUT2D eigenvalue weighted by Crippen LogP contribution is 2.32. The quantitative estimate of drug-likeness (QED) is 0.236. The topological polar surface area (TPSA) is 147 Å². The summed E-state index contributed by atoms with van der Waals surface area (Å²) in [6.07, 6.45) is 3.67. The molecule has 11 heteroatoms. The maximum atomic E-state index is 13.4. The van der Waals surface area contributed by atoms with Gasteiger partial charge in [0, 0.05) is 17.3 Å². The van der Waals surface area contributed by atoms with Crippen LogP contribution in [0.25, 0.3) is 0 Å². The highest BCUT2D eigenvalue weighted by Gasteiger charge is 2.34. The third kappa shape index (κ3) is 6.04. The lowest BCUT2D eigenvalue weighted by Gasteiger charge is -2.31. The molecule has 0 unspecified atom stereocenters. The first kappa shape index (κ1) is 26.3. The summed E-state index contributed by atoms with van der Waals surface area (Å²) in [5, 5.41) is 11.9. The molecular weight excluding hydrogens is 464 g/mol. The minimum Gasteiger partial charge on any atom is -0.496 e. The molecule has 2 N–H and O–H groups in total. The van der Waals surface area contributed by atoms with Gasteiger partial charge in [0.2, 0.25) is 11.8 Å². The number of methoxy groups -OCH3 is 1. The zero-order chi connectivity index (χ0) is 26.2. The van der Waals surface area contributed by atoms with E-state index in [9.17, 15) is 14.9 Å². The van der Waals surface area contributed by atoms with E-state index in [0.717, 1.165) is 22.9 Å². The van der Waals surface area contributed by atoms with Crippen molar-refractivity contribution in [2.75, 3.05) is 17.7 Å². The fourth-order valence-corrected chi connectivity index (χ4v) is 3.94. The third-order valence-corrected chi connectivity index (χ3v) is 5.74. The second kappa shape index (κ2) is 11.9. The summed E-state index contributed by atoms with van der Waals surface area (Å²) in [6.45, 7) is 5.73. The molecule has 0 fully saturated rings. The summed E-state index contributed by atoms with van der Waals surface area (Å²) < 4.78 is 11.2. The lowest BCUT2D eigenvalue weighted by molar-refractivity contribution is -0.384. The first-order chi connectivity index (χ1) is 17.3. The zero-order valence-electron chi connectivity index (χ0n) is 20.8. The van der Waals surface area contributed by atoms with Crippen molar-refractivity contribution in [3.05, 3.63) is 75.2 Å². The van der Waals surface area contributed by atoms with E-state index < -0.39 is 16.9 Å². The maximum absolute atomic E-state index is 13.4. The van der Waals surface area contributed by atoms with Crippen LogP contribution in [-0.2, 0) is 22.7 Å². The molecule has 1 aromatic carbocycles. The van der Waals surface area contributed by atoms with Gasteiger partial charge in [0.25, 0.3) is 0 Å². The number of hydrogen-bond acceptors (Lipinski definition) is 10. The number of nitrogens with two attached hydrogens (primary N) is 1. The highest BCUT2D eigenvalue weighted by molar-refractivity contribution is 5.81. The molecule has 2 heterocycles. The van der Waals surface area contributed by atoms with E-state index in [2.05, 4.69) is 15.0 Å². The predicted molar refractivity (Wildman–Crippen MR) is 134 cm³/mol. The number of rotatable bonds is 11. The number of aryl methyl sites for hydroxylation is 1. The van der Waals surface area contributed by atoms with Crippen LogP contribution in [0.15, 0.2) is 42.7 Å². The average molecular weight is 495 g/mol. The van der Waals surface area contributed by atoms with E-state index in [4.69, 9.17) is 15.2 Å². The fraction of sp³-hybridized carbons (Fsp3) is 0.360. The van der Waals surface area contributed by atoms with Crippen LogP contribution in [0.1, 0.15) is 42.1 Å². The van der Waals surface area contributed by atoms with Crippen molar-refractivity contribution in [1.29, 1.82) is 0 Å². The number of benzene rings is 1. The Kier molecular flexibility index (Phi) is 8.71. The van der Waals surface area contributed by atoms with Gasteiger partial charge in [0.05, 0.1) is 24.3 Å². The molecule has 0 saturated heterocycles. The first-order valence-electron chi connectivity index (χ1n) is 11.5. The Bertz CT molecular complexity index is 1220. The van der Waals surface area contributed by atoms with Crippen molar-refractivity contribution >= 4 is 23.4 Å². The monoisotopic (exact) mass is 494 g/mol. The Labute approximate surface area is 209 Å². The Balaban J connectivity index is 2.07. The van der Waals surface area contributed by atoms with Gasteiger partial charge >= 0.3 is 11.7 Å². The predicted octanol–water partition coefficient (Wildman–Crippen LogP) is 3.91. The van der Waals surface area contributed by atoms with Crippen molar-refractivity contribution in [3.8, 4) is 5.75 Å². The van der Waals surface area contributed by atoms with Gasteiger partial charge in [0.1, 0.15) is 24.6 Å². The Morgan fingerprint density at radius 1 is 1.19 bits per heavy atom. The molecule has 0 bridgehead atoms. The average Bonchev–Trinajstić information content (AvgIpc) is 2.86. The maximum Gasteiger partial charge on any atom is 0.329 e. The fourth-order valence-electron chi connectivity index (χ4n) is 3.94. The van der Waals surface area contributed by atoms with Gasteiger partial charge in [0.15, 0.2) is 0 Å². The van der Waals surface area contributed by atoms with Gasteiger partial charge in [-0.1, -0.05) is 43.7 Å². The molecule has 0 aliphatic heterocycles. The summed E-state index contributed by atoms with van der Waals surface area (Å²) in [7, 11) is 1.56. The second-order valence-electron chi connectivity index (χ2n) is 8.27. The van der Waals surface area contributed by atoms with Crippen LogP contribution in [0.5, 0.6) is 5.75 Å². The van der Waals surface area contributed by atoms with E-state index in [1.807, 2.05) is 51.1 Å². The largest absolute Gasteiger partial charge is 0.496 e. The standard InChI is InChI=1S/C25H30N6O5/c1-5-9-20(24(32)36-15-18-10-7-6-8-11-18)30(23-21(31(33)34)13-28-25(26)29-23)14-19-17(3)22(35-4)16(2)12-27-19/h6-8,10-13,20H,5,9,14-15H2,1-4H3,(H2,26,28,29)/t20-/m0/s1. The van der Waals surface area contributed by atoms with Gasteiger partial charge in [-0.05, 0) is 25.8 Å². The number of nitrogen functional groups attached to an aromatic ring is 1. The van der Waals surface area contributed by atoms with Gasteiger partial charge in [-0.2, -0.15) is 4.98 Å². The van der Waals surface area contributed by atoms with Gasteiger partial charge in [-0.25, -0.2) is 9.78 Å². The number of pyridine rings is 1. The van der Waals surface area contributed by atoms with Crippen LogP contribution in [0, 0.1) is 24.0 Å². The Morgan fingerprint density at radius 2 is 1.92 bits per heavy atom. The normalized spacial score (nSPS) is 11.6. The third-order valence-electron chi connectivity index (χ3n) is 5.74. The van der Waals surface area contributed by atoms with Crippen LogP contribution in [0.4, 0.5) is 17.5 Å². The van der Waals surface area contributed by atoms with E-state index in [-0.39, 0.29) is 30.6 Å². The molecular formula is C25H30N6O5. The van der Waals surface area contributed by atoms with Crippen LogP contribution >= 0.6 is 0 Å². The summed E-state index contributed by atoms with van der Waals surface area (Å²) in [6, 6.07) is 8.39. The number of nitro groups is 1. The van der Waals surface area contributed by atoms with E-state index in [1.54, 1.807) is 13.3 Å². The molecule has 2 aromatic heterocycles. The Hall–Kier alpha value is -4.28. The molecule has 0 aliphatic carbocycles. The van der Waals surface area contributed by atoms with E-state index >= 15 is 0 Å². The number of anilines is 2. The van der Waals surface area contributed by atoms with Gasteiger partial charge in [-0.15, -0.1) is 0 Å². The van der Waals surface area contributed by atoms with E-state index in [0.29, 0.717) is 24.3 Å². The molecule has 0 aliphatic rings. The molecule has 3 aromatic rings. The number of hydrogen-bond donors (Lipinski definition) is 1. The molecule has 1 atom stereocenters. The van der Waals surface area contributed by atoms with Crippen molar-refractivity contribution in [3.63, 3.8) is 0 Å². The molecule has 0 saturated carbocycles. The minimum atomic E-state index is -0.889. The molecule has 11 nitrogen and oxygen atoms in total. The second-order valence-corrected chi connectivity index (χ2v) is 8.27. The van der Waals surface area contributed by atoms with Crippen molar-refractivity contribution in [1.82, 2.24) is 15.0 Å². The van der Waals surface area contributed by atoms with Gasteiger partial charge < -0.3 is 20.1 Å². The van der Waals surface area contributed by atoms with Crippen molar-refractivity contribution < 1.29 is 19.2 Å². The van der Waals surface area contributed by atoms with Crippen molar-refractivity contribution in [2.24, 2.45) is 0 Å². The molecule has 0 radical (unpaired) electrons. The molecule has 3 rings (SSSR count). The van der Waals surface area contributed by atoms with Crippen molar-refractivity contribution in [2.45, 2.75) is 52.8 Å². The minimum absolute atomic E-state index is 0.0326. The highest BCUT2D eigenvalue weighted by atomic mass is 16.6. The lowest BCUT2D eigenvalue weighted by Crippen LogP contribution is -2.43. The number of aromatic nitrogens is 3. The Morgan fingerprint density at radius 3 is 2.56 bits per heavy atom. The number of carbonyl (C=O) groups is 1. The zero-order valence-corrected chi connectivity index (χ0v) is 20.8. The number of ether oxygens (including phenoxy) is 2. The van der Waals surface area contributed by atoms with Crippen LogP contribution in [0.2, 0.25) is 0 Å². The first-order valence-corrected chi connectivity index (χ1v) is 11.5. The van der Waals surface area contributed by atoms with Crippen LogP contribution in [0.3, 0.4) is 0 Å². The van der Waals surface area contributed by atoms with Gasteiger partial charge in [-0.3, -0.25) is 15.1 Å². The van der Waals surface area contributed by atoms with E-state index in [1.165, 1.54) is 4.90 Å². The summed E-state index contributed by atoms with van der Waals surface area (Å²) in [5.41, 5.74) is 8.43. The molecule has 190 valence electrons. The lowest BCUT2D eigenvalue weighted by atomic mass is 10.1. The van der Waals surface area contributed by atoms with Crippen LogP contribution in [-0.4, -0.2) is 39.0 Å². The SMILES string of the molecule is CCC[C@@H](C(=O)OCc1ccccc1)N(Cc1ncc(C)c(OC)c1C)c1nc(N)ncc1[N+](=O)[O-]. The van der Waals surface area contributed by atoms with Crippen LogP contribution < -0.4 is 15.4 Å². The summed E-state index contributed by atoms with van der Waals surface area (Å²) in [5.74, 6) is -0.123. The summed E-state index contributed by atoms with van der Waals surface area (Å²) in [4.78, 5) is 38.7. The molecule has 0 spiro atoms. The number of carbonyl (C=O) groups excluding carboxylic acids is 1. The smallest absolute Gasteiger partial charge is 0.329 e.